The normalized spacial score (nSPS) is 15.4. The lowest BCUT2D eigenvalue weighted by atomic mass is 9.87. The zero-order valence-electron chi connectivity index (χ0n) is 16.1. The van der Waals surface area contributed by atoms with Gasteiger partial charge in [-0.15, -0.1) is 0 Å². The monoisotopic (exact) mass is 473 g/mol. The van der Waals surface area contributed by atoms with Gasteiger partial charge in [0.05, 0.1) is 11.3 Å². The van der Waals surface area contributed by atoms with Crippen LogP contribution in [0.4, 0.5) is 36.6 Å². The molecular formula is C20H12F7N4O2+. The number of hydrogen-bond acceptors (Lipinski definition) is 3. The summed E-state index contributed by atoms with van der Waals surface area (Å²) in [5.74, 6) is -3.29. The van der Waals surface area contributed by atoms with Gasteiger partial charge in [0.2, 0.25) is 5.82 Å². The summed E-state index contributed by atoms with van der Waals surface area (Å²) in [5.41, 5.74) is -10.8. The first kappa shape index (κ1) is 22.3. The average molecular weight is 473 g/mol. The Morgan fingerprint density at radius 1 is 0.848 bits per heavy atom. The Kier molecular flexibility index (Phi) is 4.95. The van der Waals surface area contributed by atoms with Crippen molar-refractivity contribution < 1.29 is 35.7 Å². The fourth-order valence-electron chi connectivity index (χ4n) is 3.61. The third-order valence-electron chi connectivity index (χ3n) is 5.05. The Morgan fingerprint density at radius 2 is 1.42 bits per heavy atom. The summed E-state index contributed by atoms with van der Waals surface area (Å²) < 4.78 is 100. The summed E-state index contributed by atoms with van der Waals surface area (Å²) >= 11 is 0. The molecular weight excluding hydrogens is 461 g/mol. The van der Waals surface area contributed by atoms with Crippen LogP contribution in [0.1, 0.15) is 11.1 Å². The molecule has 0 spiro atoms. The molecule has 1 aliphatic heterocycles. The second-order valence-corrected chi connectivity index (χ2v) is 7.00. The molecule has 0 atom stereocenters. The Balaban J connectivity index is 2.21. The molecule has 33 heavy (non-hydrogen) atoms. The highest BCUT2D eigenvalue weighted by Crippen LogP contribution is 2.48. The lowest BCUT2D eigenvalue weighted by Crippen LogP contribution is -2.97. The van der Waals surface area contributed by atoms with Gasteiger partial charge in [-0.3, -0.25) is 9.78 Å². The Labute approximate surface area is 179 Å². The van der Waals surface area contributed by atoms with E-state index in [1.165, 1.54) is 52.4 Å². The summed E-state index contributed by atoms with van der Waals surface area (Å²) in [6, 6.07) is 10.8. The molecule has 0 saturated heterocycles. The number of aromatic amines is 1. The van der Waals surface area contributed by atoms with Gasteiger partial charge in [0.1, 0.15) is 11.4 Å². The number of anilines is 1. The van der Waals surface area contributed by atoms with E-state index < -0.39 is 57.7 Å². The number of amidine groups is 1. The number of para-hydroxylation sites is 1. The fourth-order valence-corrected chi connectivity index (χ4v) is 3.61. The van der Waals surface area contributed by atoms with E-state index in [1.54, 1.807) is 0 Å². The van der Waals surface area contributed by atoms with Crippen molar-refractivity contribution in [3.05, 3.63) is 92.4 Å². The van der Waals surface area contributed by atoms with Crippen LogP contribution < -0.4 is 21.6 Å². The number of nitrogens with one attached hydrogen (secondary N) is 3. The summed E-state index contributed by atoms with van der Waals surface area (Å²) in [6.45, 7) is 0. The minimum absolute atomic E-state index is 0.143. The van der Waals surface area contributed by atoms with Gasteiger partial charge in [0.15, 0.2) is 0 Å². The van der Waals surface area contributed by atoms with Crippen LogP contribution in [-0.2, 0) is 5.54 Å². The number of nitrogens with zero attached hydrogens (tertiary/aromatic N) is 1. The first-order chi connectivity index (χ1) is 15.4. The van der Waals surface area contributed by atoms with Gasteiger partial charge in [-0.05, 0) is 24.3 Å². The number of fused-ring (bicyclic) bond motifs is 1. The summed E-state index contributed by atoms with van der Waals surface area (Å²) in [5, 5.41) is 2.21. The van der Waals surface area contributed by atoms with Crippen LogP contribution >= 0.6 is 0 Å². The highest BCUT2D eigenvalue weighted by atomic mass is 19.4. The van der Waals surface area contributed by atoms with Gasteiger partial charge in [-0.25, -0.2) is 24.1 Å². The van der Waals surface area contributed by atoms with Crippen molar-refractivity contribution in [1.29, 1.82) is 0 Å². The Morgan fingerprint density at radius 3 is 2.00 bits per heavy atom. The average Bonchev–Trinajstić information content (AvgIpc) is 2.72. The molecule has 4 rings (SSSR count). The predicted molar refractivity (Wildman–Crippen MR) is 102 cm³/mol. The fraction of sp³-hybridized carbons (Fsp3) is 0.150. The third kappa shape index (κ3) is 3.31. The van der Waals surface area contributed by atoms with Crippen LogP contribution in [-0.4, -0.2) is 27.7 Å². The molecule has 6 nitrogen and oxygen atoms in total. The second kappa shape index (κ2) is 7.32. The van der Waals surface area contributed by atoms with Crippen LogP contribution in [0.3, 0.4) is 0 Å². The highest BCUT2D eigenvalue weighted by molar-refractivity contribution is 6.05. The number of alkyl halides is 6. The molecule has 2 heterocycles. The minimum Gasteiger partial charge on any atom is -0.273 e. The molecule has 0 aliphatic carbocycles. The van der Waals surface area contributed by atoms with Gasteiger partial charge in [-0.1, -0.05) is 30.3 Å². The molecule has 13 heteroatoms. The smallest absolute Gasteiger partial charge is 0.273 e. The van der Waals surface area contributed by atoms with Crippen LogP contribution in [0.5, 0.6) is 0 Å². The topological polar surface area (TPSA) is 80.9 Å². The van der Waals surface area contributed by atoms with E-state index in [9.17, 15) is 40.3 Å². The van der Waals surface area contributed by atoms with Crippen molar-refractivity contribution in [2.45, 2.75) is 17.9 Å². The molecule has 1 aromatic heterocycles. The molecule has 172 valence electrons. The molecule has 2 aromatic carbocycles. The first-order valence-corrected chi connectivity index (χ1v) is 9.14. The van der Waals surface area contributed by atoms with Gasteiger partial charge < -0.3 is 0 Å². The van der Waals surface area contributed by atoms with Crippen LogP contribution in [0.15, 0.2) is 64.2 Å². The maximum Gasteiger partial charge on any atom is 0.446 e. The zero-order chi connectivity index (χ0) is 24.2. The SMILES string of the molecule is O=c1[nH]c(=O)n(-c2ccccc2)c2c1C(C(F)(F)F)(C(F)(F)F)[NH+]=C(c1ccccc1F)N2. The number of halogens is 7. The molecule has 0 unspecified atom stereocenters. The summed E-state index contributed by atoms with van der Waals surface area (Å²) in [4.78, 5) is 27.8. The lowest BCUT2D eigenvalue weighted by Gasteiger charge is -2.35. The second-order valence-electron chi connectivity index (χ2n) is 7.00. The summed E-state index contributed by atoms with van der Waals surface area (Å²) in [6.07, 6.45) is -12.3. The maximum absolute atomic E-state index is 14.4. The van der Waals surface area contributed by atoms with Gasteiger partial charge in [0.25, 0.3) is 11.4 Å². The van der Waals surface area contributed by atoms with Crippen LogP contribution in [0, 0.1) is 5.82 Å². The number of H-pyrrole nitrogens is 1. The summed E-state index contributed by atoms with van der Waals surface area (Å²) in [7, 11) is 0. The number of benzene rings is 2. The molecule has 0 radical (unpaired) electrons. The van der Waals surface area contributed by atoms with Gasteiger partial charge in [-0.2, -0.15) is 26.3 Å². The van der Waals surface area contributed by atoms with E-state index in [0.29, 0.717) is 4.57 Å². The quantitative estimate of drug-likeness (QED) is 0.498. The molecule has 0 saturated carbocycles. The van der Waals surface area contributed by atoms with E-state index in [0.717, 1.165) is 12.1 Å². The molecule has 0 amide bonds. The first-order valence-electron chi connectivity index (χ1n) is 9.14. The predicted octanol–water partition coefficient (Wildman–Crippen LogP) is 1.94. The largest absolute Gasteiger partial charge is 0.446 e. The van der Waals surface area contributed by atoms with E-state index in [-0.39, 0.29) is 5.69 Å². The van der Waals surface area contributed by atoms with Crippen molar-refractivity contribution in [2.24, 2.45) is 0 Å². The van der Waals surface area contributed by atoms with E-state index >= 15 is 0 Å². The van der Waals surface area contributed by atoms with Crippen molar-refractivity contribution >= 4 is 11.7 Å². The van der Waals surface area contributed by atoms with Gasteiger partial charge >= 0.3 is 23.6 Å². The number of aromatic nitrogens is 2. The van der Waals surface area contributed by atoms with Crippen molar-refractivity contribution in [3.63, 3.8) is 0 Å². The van der Waals surface area contributed by atoms with Gasteiger partial charge in [0, 0.05) is 0 Å². The number of rotatable bonds is 2. The molecule has 1 aliphatic rings. The van der Waals surface area contributed by atoms with Crippen LogP contribution in [0.25, 0.3) is 5.69 Å². The molecule has 0 bridgehead atoms. The lowest BCUT2D eigenvalue weighted by molar-refractivity contribution is -0.658. The minimum atomic E-state index is -6.13. The molecule has 3 aromatic rings. The molecule has 3 N–H and O–H groups in total. The van der Waals surface area contributed by atoms with E-state index in [1.807, 2.05) is 0 Å². The standard InChI is InChI=1S/C20H11F7N4O2/c21-12-9-5-4-8-11(12)14-28-15-13(18(30-14,19(22,23)24)20(25,26)27)16(32)29-17(33)31(15)10-6-2-1-3-7-10/h1-9H,(H,28,30)(H,29,32,33)/p+1. The highest BCUT2D eigenvalue weighted by Gasteiger charge is 2.78. The molecule has 0 fully saturated rings. The Bertz CT molecular complexity index is 1360. The van der Waals surface area contributed by atoms with Crippen molar-refractivity contribution in [1.82, 2.24) is 9.55 Å². The zero-order valence-corrected chi connectivity index (χ0v) is 16.1. The van der Waals surface area contributed by atoms with Crippen LogP contribution in [0.2, 0.25) is 0 Å². The number of hydrogen-bond donors (Lipinski definition) is 3. The van der Waals surface area contributed by atoms with Crippen molar-refractivity contribution in [2.75, 3.05) is 5.32 Å². The Hall–Kier alpha value is -3.90. The van der Waals surface area contributed by atoms with Crippen molar-refractivity contribution in [3.8, 4) is 5.69 Å². The van der Waals surface area contributed by atoms with E-state index in [4.69, 9.17) is 0 Å². The maximum atomic E-state index is 14.4. The van der Waals surface area contributed by atoms with E-state index in [2.05, 4.69) is 5.32 Å². The third-order valence-corrected chi connectivity index (χ3v) is 5.05.